The average molecular weight is 229 g/mol. The molecule has 0 aliphatic rings. The highest BCUT2D eigenvalue weighted by Gasteiger charge is 2.03. The average Bonchev–Trinajstić information content (AvgIpc) is 2.56. The summed E-state index contributed by atoms with van der Waals surface area (Å²) in [6.07, 6.45) is 0. The second-order valence-electron chi connectivity index (χ2n) is 2.60. The third-order valence-corrected chi connectivity index (χ3v) is 3.17. The quantitative estimate of drug-likeness (QED) is 0.663. The molecule has 0 aliphatic heterocycles. The molecule has 0 bridgehead atoms. The highest BCUT2D eigenvalue weighted by molar-refractivity contribution is 7.13. The van der Waals surface area contributed by atoms with Crippen LogP contribution in [0.5, 0.6) is 0 Å². The maximum Gasteiger partial charge on any atom is 0.0507 e. The van der Waals surface area contributed by atoms with Crippen molar-refractivity contribution < 1.29 is 0 Å². The van der Waals surface area contributed by atoms with Crippen LogP contribution < -0.4 is 0 Å². The number of benzene rings is 1. The number of rotatable bonds is 1. The minimum Gasteiger partial charge on any atom is -0.144 e. The van der Waals surface area contributed by atoms with E-state index in [0.29, 0.717) is 10.0 Å². The van der Waals surface area contributed by atoms with Crippen LogP contribution in [0.4, 0.5) is 0 Å². The SMILES string of the molecule is Clc1ccc(-c2cccs2)c(Cl)c1. The van der Waals surface area contributed by atoms with Crippen LogP contribution in [0, 0.1) is 0 Å². The van der Waals surface area contributed by atoms with Crippen molar-refractivity contribution in [2.24, 2.45) is 0 Å². The minimum absolute atomic E-state index is 0.672. The molecule has 1 aromatic heterocycles. The molecule has 0 saturated carbocycles. The van der Waals surface area contributed by atoms with E-state index in [0.717, 1.165) is 5.56 Å². The number of halogens is 2. The van der Waals surface area contributed by atoms with Gasteiger partial charge in [0.2, 0.25) is 0 Å². The predicted octanol–water partition coefficient (Wildman–Crippen LogP) is 4.72. The summed E-state index contributed by atoms with van der Waals surface area (Å²) in [4.78, 5) is 1.17. The van der Waals surface area contributed by atoms with Crippen LogP contribution in [-0.4, -0.2) is 0 Å². The Morgan fingerprint density at radius 3 is 2.54 bits per heavy atom. The predicted molar refractivity (Wildman–Crippen MR) is 59.8 cm³/mol. The zero-order chi connectivity index (χ0) is 9.26. The third kappa shape index (κ3) is 1.88. The Labute approximate surface area is 90.7 Å². The smallest absolute Gasteiger partial charge is 0.0507 e. The van der Waals surface area contributed by atoms with Gasteiger partial charge in [-0.3, -0.25) is 0 Å². The molecule has 0 fully saturated rings. The fraction of sp³-hybridized carbons (Fsp3) is 0. The van der Waals surface area contributed by atoms with Crippen LogP contribution in [0.3, 0.4) is 0 Å². The molecule has 0 amide bonds. The number of hydrogen-bond acceptors (Lipinski definition) is 1. The maximum atomic E-state index is 6.04. The molecule has 0 N–H and O–H groups in total. The van der Waals surface area contributed by atoms with Gasteiger partial charge in [-0.15, -0.1) is 11.3 Å². The van der Waals surface area contributed by atoms with Gasteiger partial charge < -0.3 is 0 Å². The first-order valence-corrected chi connectivity index (χ1v) is 5.40. The molecular weight excluding hydrogens is 223 g/mol. The van der Waals surface area contributed by atoms with Crippen molar-refractivity contribution in [1.82, 2.24) is 0 Å². The summed E-state index contributed by atoms with van der Waals surface area (Å²) in [5.41, 5.74) is 1.04. The fourth-order valence-corrected chi connectivity index (χ4v) is 2.45. The summed E-state index contributed by atoms with van der Waals surface area (Å²) in [7, 11) is 0. The number of thiophene rings is 1. The molecule has 0 unspecified atom stereocenters. The van der Waals surface area contributed by atoms with Gasteiger partial charge in [0.1, 0.15) is 0 Å². The minimum atomic E-state index is 0.672. The summed E-state index contributed by atoms with van der Waals surface area (Å²) in [6, 6.07) is 9.60. The lowest BCUT2D eigenvalue weighted by molar-refractivity contribution is 1.69. The third-order valence-electron chi connectivity index (χ3n) is 1.72. The highest BCUT2D eigenvalue weighted by Crippen LogP contribution is 2.32. The van der Waals surface area contributed by atoms with E-state index in [2.05, 4.69) is 0 Å². The largest absolute Gasteiger partial charge is 0.144 e. The number of hydrogen-bond donors (Lipinski definition) is 0. The summed E-state index contributed by atoms with van der Waals surface area (Å²) >= 11 is 13.5. The van der Waals surface area contributed by atoms with Gasteiger partial charge in [0.25, 0.3) is 0 Å². The Balaban J connectivity index is 2.53. The van der Waals surface area contributed by atoms with Gasteiger partial charge in [-0.25, -0.2) is 0 Å². The Bertz CT molecular complexity index is 407. The topological polar surface area (TPSA) is 0 Å². The van der Waals surface area contributed by atoms with E-state index in [-0.39, 0.29) is 0 Å². The van der Waals surface area contributed by atoms with Crippen LogP contribution in [0.15, 0.2) is 35.7 Å². The zero-order valence-electron chi connectivity index (χ0n) is 6.63. The summed E-state index contributed by atoms with van der Waals surface area (Å²) < 4.78 is 0. The van der Waals surface area contributed by atoms with E-state index >= 15 is 0 Å². The molecule has 1 heterocycles. The van der Waals surface area contributed by atoms with Crippen molar-refractivity contribution in [1.29, 1.82) is 0 Å². The van der Waals surface area contributed by atoms with E-state index in [4.69, 9.17) is 23.2 Å². The Hall–Kier alpha value is -0.500. The summed E-state index contributed by atoms with van der Waals surface area (Å²) in [5, 5.41) is 3.40. The molecule has 0 radical (unpaired) electrons. The molecule has 0 atom stereocenters. The first kappa shape index (κ1) is 9.07. The van der Waals surface area contributed by atoms with E-state index in [1.54, 1.807) is 17.4 Å². The van der Waals surface area contributed by atoms with Crippen molar-refractivity contribution in [2.45, 2.75) is 0 Å². The first-order chi connectivity index (χ1) is 6.27. The lowest BCUT2D eigenvalue weighted by Gasteiger charge is -2.00. The molecule has 13 heavy (non-hydrogen) atoms. The Kier molecular flexibility index (Phi) is 2.58. The first-order valence-electron chi connectivity index (χ1n) is 3.76. The lowest BCUT2D eigenvalue weighted by Crippen LogP contribution is -1.74. The van der Waals surface area contributed by atoms with Gasteiger partial charge >= 0.3 is 0 Å². The second kappa shape index (κ2) is 3.70. The van der Waals surface area contributed by atoms with E-state index in [9.17, 15) is 0 Å². The van der Waals surface area contributed by atoms with Gasteiger partial charge in [-0.1, -0.05) is 35.3 Å². The fourth-order valence-electron chi connectivity index (χ4n) is 1.12. The van der Waals surface area contributed by atoms with Crippen molar-refractivity contribution in [3.8, 4) is 10.4 Å². The van der Waals surface area contributed by atoms with Crippen LogP contribution >= 0.6 is 34.5 Å². The van der Waals surface area contributed by atoms with Gasteiger partial charge in [0.05, 0.1) is 5.02 Å². The van der Waals surface area contributed by atoms with Gasteiger partial charge in [0.15, 0.2) is 0 Å². The van der Waals surface area contributed by atoms with Crippen LogP contribution in [0.25, 0.3) is 10.4 Å². The van der Waals surface area contributed by atoms with Gasteiger partial charge in [-0.2, -0.15) is 0 Å². The molecule has 3 heteroatoms. The molecule has 0 saturated heterocycles. The van der Waals surface area contributed by atoms with Crippen molar-refractivity contribution in [3.63, 3.8) is 0 Å². The van der Waals surface area contributed by atoms with Crippen LogP contribution in [0.1, 0.15) is 0 Å². The summed E-state index contributed by atoms with van der Waals surface area (Å²) in [6.45, 7) is 0. The summed E-state index contributed by atoms with van der Waals surface area (Å²) in [5.74, 6) is 0. The zero-order valence-corrected chi connectivity index (χ0v) is 8.96. The molecule has 2 rings (SSSR count). The monoisotopic (exact) mass is 228 g/mol. The molecule has 2 aromatic rings. The maximum absolute atomic E-state index is 6.04. The Morgan fingerprint density at radius 1 is 1.08 bits per heavy atom. The van der Waals surface area contributed by atoms with Gasteiger partial charge in [0, 0.05) is 15.5 Å². The molecule has 0 spiro atoms. The molecule has 0 aliphatic carbocycles. The molecule has 0 nitrogen and oxygen atoms in total. The standard InChI is InChI=1S/C10H6Cl2S/c11-7-3-4-8(9(12)6-7)10-2-1-5-13-10/h1-6H. The van der Waals surface area contributed by atoms with E-state index in [1.807, 2.05) is 29.6 Å². The van der Waals surface area contributed by atoms with Crippen LogP contribution in [0.2, 0.25) is 10.0 Å². The van der Waals surface area contributed by atoms with Crippen molar-refractivity contribution in [3.05, 3.63) is 45.8 Å². The molecular formula is C10H6Cl2S. The van der Waals surface area contributed by atoms with E-state index in [1.165, 1.54) is 4.88 Å². The highest BCUT2D eigenvalue weighted by atomic mass is 35.5. The van der Waals surface area contributed by atoms with Crippen molar-refractivity contribution >= 4 is 34.5 Å². The second-order valence-corrected chi connectivity index (χ2v) is 4.39. The lowest BCUT2D eigenvalue weighted by atomic mass is 10.2. The molecule has 66 valence electrons. The van der Waals surface area contributed by atoms with E-state index < -0.39 is 0 Å². The molecule has 1 aromatic carbocycles. The van der Waals surface area contributed by atoms with Gasteiger partial charge in [-0.05, 0) is 23.6 Å². The van der Waals surface area contributed by atoms with Crippen LogP contribution in [-0.2, 0) is 0 Å². The Morgan fingerprint density at radius 2 is 1.92 bits per heavy atom. The van der Waals surface area contributed by atoms with Crippen molar-refractivity contribution in [2.75, 3.05) is 0 Å². The normalized spacial score (nSPS) is 10.3.